The normalized spacial score (nSPS) is 15.6. The Morgan fingerprint density at radius 2 is 3.00 bits per heavy atom. The minimum atomic E-state index is -1.28. The summed E-state index contributed by atoms with van der Waals surface area (Å²) in [4.78, 5) is 3.83. The molecular weight excluding hydrogens is 106 g/mol. The van der Waals surface area contributed by atoms with Gasteiger partial charge in [0.2, 0.25) is 0 Å². The van der Waals surface area contributed by atoms with Crippen LogP contribution < -0.4 is 0 Å². The molecular formula is C5H7NS. The van der Waals surface area contributed by atoms with Crippen molar-refractivity contribution in [2.75, 3.05) is 0 Å². The molecule has 0 bridgehead atoms. The minimum Gasteiger partial charge on any atom is -0.250 e. The Morgan fingerprint density at radius 1 is 2.14 bits per heavy atom. The van der Waals surface area contributed by atoms with Gasteiger partial charge in [0.1, 0.15) is 0 Å². The average molecular weight is 115 g/mol. The zero-order chi connectivity index (χ0) is 6.91. The summed E-state index contributed by atoms with van der Waals surface area (Å²) in [5.74, 6) is 0. The predicted molar refractivity (Wildman–Crippen MR) is 31.5 cm³/mol. The second-order valence-corrected chi connectivity index (χ2v) is 1.84. The smallest absolute Gasteiger partial charge is 0.0794 e. The number of nitrogens with zero attached hydrogens (tertiary/aromatic N) is 1. The molecule has 1 aromatic rings. The van der Waals surface area contributed by atoms with Crippen LogP contribution in [0.1, 0.15) is 15.4 Å². The first-order chi connectivity index (χ1) is 4.11. The van der Waals surface area contributed by atoms with Crippen LogP contribution in [0, 0.1) is 0 Å². The zero-order valence-corrected chi connectivity index (χ0v) is 4.83. The monoisotopic (exact) mass is 115 g/mol. The highest BCUT2D eigenvalue weighted by molar-refractivity contribution is 7.07. The molecule has 1 aromatic heterocycles. The van der Waals surface area contributed by atoms with Crippen molar-refractivity contribution in [3.05, 3.63) is 16.6 Å². The number of aromatic nitrogens is 1. The van der Waals surface area contributed by atoms with E-state index in [-0.39, 0.29) is 0 Å². The number of hydrogen-bond donors (Lipinski definition) is 0. The van der Waals surface area contributed by atoms with E-state index in [1.807, 2.05) is 0 Å². The van der Waals surface area contributed by atoms with Gasteiger partial charge in [-0.1, -0.05) is 6.92 Å². The van der Waals surface area contributed by atoms with E-state index in [1.54, 1.807) is 10.9 Å². The molecule has 0 saturated heterocycles. The quantitative estimate of drug-likeness (QED) is 0.543. The van der Waals surface area contributed by atoms with Gasteiger partial charge in [-0.2, -0.15) is 0 Å². The molecule has 0 aliphatic heterocycles. The van der Waals surface area contributed by atoms with Crippen molar-refractivity contribution in [3.8, 4) is 0 Å². The van der Waals surface area contributed by atoms with E-state index in [0.29, 0.717) is 5.69 Å². The third kappa shape index (κ3) is 0.996. The van der Waals surface area contributed by atoms with Gasteiger partial charge in [0.25, 0.3) is 0 Å². The molecule has 0 aromatic carbocycles. The maximum atomic E-state index is 7.20. The summed E-state index contributed by atoms with van der Waals surface area (Å²) in [7, 11) is 0. The molecule has 1 rings (SSSR count). The summed E-state index contributed by atoms with van der Waals surface area (Å²) in [5, 5.41) is 1.72. The van der Waals surface area contributed by atoms with Crippen LogP contribution in [0.25, 0.3) is 0 Å². The lowest BCUT2D eigenvalue weighted by atomic mass is 10.4. The molecule has 1 heterocycles. The number of hydrogen-bond acceptors (Lipinski definition) is 2. The van der Waals surface area contributed by atoms with Gasteiger partial charge in [0.15, 0.2) is 0 Å². The van der Waals surface area contributed by atoms with Gasteiger partial charge in [-0.15, -0.1) is 11.3 Å². The van der Waals surface area contributed by atoms with Crippen molar-refractivity contribution in [2.24, 2.45) is 0 Å². The highest BCUT2D eigenvalue weighted by atomic mass is 32.1. The molecule has 2 heteroatoms. The number of rotatable bonds is 1. The molecule has 0 radical (unpaired) electrons. The van der Waals surface area contributed by atoms with Crippen molar-refractivity contribution in [1.29, 1.82) is 0 Å². The first-order valence-corrected chi connectivity index (χ1v) is 2.93. The summed E-state index contributed by atoms with van der Waals surface area (Å²) >= 11 is 1.42. The van der Waals surface area contributed by atoms with E-state index in [4.69, 9.17) is 2.74 Å². The molecule has 0 unspecified atom stereocenters. The molecule has 38 valence electrons. The van der Waals surface area contributed by atoms with Crippen LogP contribution >= 0.6 is 11.3 Å². The van der Waals surface area contributed by atoms with E-state index in [2.05, 4.69) is 4.98 Å². The lowest BCUT2D eigenvalue weighted by Crippen LogP contribution is -1.73. The largest absolute Gasteiger partial charge is 0.250 e. The van der Waals surface area contributed by atoms with E-state index < -0.39 is 6.37 Å². The maximum Gasteiger partial charge on any atom is 0.0794 e. The van der Waals surface area contributed by atoms with Gasteiger partial charge in [-0.05, 0) is 6.37 Å². The van der Waals surface area contributed by atoms with Crippen molar-refractivity contribution >= 4 is 11.3 Å². The summed E-state index contributed by atoms with van der Waals surface area (Å²) in [5.41, 5.74) is 2.16. The molecule has 0 saturated carbocycles. The second-order valence-electron chi connectivity index (χ2n) is 1.12. The van der Waals surface area contributed by atoms with E-state index >= 15 is 0 Å². The van der Waals surface area contributed by atoms with Crippen LogP contribution in [0.5, 0.6) is 0 Å². The van der Waals surface area contributed by atoms with E-state index in [1.165, 1.54) is 18.3 Å². The van der Waals surface area contributed by atoms with Gasteiger partial charge in [0, 0.05) is 8.12 Å². The molecule has 0 spiro atoms. The zero-order valence-electron chi connectivity index (χ0n) is 6.01. The van der Waals surface area contributed by atoms with Crippen LogP contribution in [0.2, 0.25) is 0 Å². The fourth-order valence-corrected chi connectivity index (χ4v) is 0.879. The topological polar surface area (TPSA) is 12.9 Å². The highest BCUT2D eigenvalue weighted by Gasteiger charge is 1.84. The Kier molecular flexibility index (Phi) is 0.836. The Labute approximate surface area is 49.8 Å². The Balaban J connectivity index is 2.90. The molecule has 0 aliphatic carbocycles. The predicted octanol–water partition coefficient (Wildman–Crippen LogP) is 1.71. The lowest BCUT2D eigenvalue weighted by molar-refractivity contribution is 1.06. The highest BCUT2D eigenvalue weighted by Crippen LogP contribution is 1.99. The molecule has 0 amide bonds. The van der Waals surface area contributed by atoms with Crippen LogP contribution in [-0.2, 0) is 6.37 Å². The minimum absolute atomic E-state index is 0.521. The van der Waals surface area contributed by atoms with Gasteiger partial charge < -0.3 is 0 Å². The lowest BCUT2D eigenvalue weighted by Gasteiger charge is -1.77. The molecule has 0 atom stereocenters. The van der Waals surface area contributed by atoms with Gasteiger partial charge in [-0.25, -0.2) is 4.98 Å². The fourth-order valence-electron chi connectivity index (χ4n) is 0.336. The summed E-state index contributed by atoms with van der Waals surface area (Å²) in [6.45, 7) is 1.50. The van der Waals surface area contributed by atoms with Gasteiger partial charge in [0.05, 0.1) is 11.2 Å². The first kappa shape index (κ1) is 2.82. The number of aryl methyl sites for hydroxylation is 1. The molecule has 0 fully saturated rings. The molecule has 0 aliphatic rings. The summed E-state index contributed by atoms with van der Waals surface area (Å²) in [6.07, 6.45) is -1.28. The van der Waals surface area contributed by atoms with Crippen LogP contribution in [-0.4, -0.2) is 4.98 Å². The third-order valence-corrected chi connectivity index (χ3v) is 1.27. The van der Waals surface area contributed by atoms with Gasteiger partial charge >= 0.3 is 0 Å². The fraction of sp³-hybridized carbons (Fsp3) is 0.400. The Hall–Kier alpha value is -0.370. The van der Waals surface area contributed by atoms with Crippen LogP contribution in [0.3, 0.4) is 0 Å². The Morgan fingerprint density at radius 3 is 3.29 bits per heavy atom. The summed E-state index contributed by atoms with van der Waals surface area (Å²) in [6, 6.07) is 0. The maximum absolute atomic E-state index is 7.20. The molecule has 7 heavy (non-hydrogen) atoms. The third-order valence-electron chi connectivity index (χ3n) is 0.688. The van der Waals surface area contributed by atoms with Crippen molar-refractivity contribution in [1.82, 2.24) is 4.98 Å². The van der Waals surface area contributed by atoms with E-state index in [0.717, 1.165) is 0 Å². The molecule has 1 nitrogen and oxygen atoms in total. The van der Waals surface area contributed by atoms with Gasteiger partial charge in [-0.3, -0.25) is 0 Å². The van der Waals surface area contributed by atoms with E-state index in [9.17, 15) is 0 Å². The first-order valence-electron chi connectivity index (χ1n) is 2.99. The second kappa shape index (κ2) is 2.07. The average Bonchev–Trinajstić information content (AvgIpc) is 2.08. The van der Waals surface area contributed by atoms with Crippen LogP contribution in [0.4, 0.5) is 0 Å². The Bertz CT molecular complexity index is 177. The standard InChI is InChI=1S/C5H7NS/c1-2-5-3-7-4-6-5/h3-4H,2H2,1H3/i2D2. The SMILES string of the molecule is [2H]C([2H])(C)c1cscn1. The van der Waals surface area contributed by atoms with Crippen molar-refractivity contribution in [2.45, 2.75) is 13.3 Å². The molecule has 0 N–H and O–H groups in total. The summed E-state index contributed by atoms with van der Waals surface area (Å²) < 4.78 is 14.4. The van der Waals surface area contributed by atoms with Crippen molar-refractivity contribution in [3.63, 3.8) is 0 Å². The van der Waals surface area contributed by atoms with Crippen molar-refractivity contribution < 1.29 is 2.74 Å². The van der Waals surface area contributed by atoms with Crippen LogP contribution in [0.15, 0.2) is 10.9 Å². The number of thiazole rings is 1.